The van der Waals surface area contributed by atoms with Crippen molar-refractivity contribution in [1.82, 2.24) is 0 Å². The van der Waals surface area contributed by atoms with Crippen LogP contribution in [0.1, 0.15) is 11.1 Å². The van der Waals surface area contributed by atoms with E-state index >= 15 is 0 Å². The molecule has 102 valence electrons. The standard InChI is InChI=1S/C12H16F3NO2/c1-9-3-2-4-10(5-6-16)11(9)17-7-8-18-12(13,14)15/h2-4H,5-8,16H2,1H3. The van der Waals surface area contributed by atoms with E-state index in [2.05, 4.69) is 4.74 Å². The second-order valence-corrected chi connectivity index (χ2v) is 3.74. The lowest BCUT2D eigenvalue weighted by Gasteiger charge is -2.14. The molecule has 6 heteroatoms. The Bertz CT molecular complexity index is 380. The lowest BCUT2D eigenvalue weighted by Crippen LogP contribution is -2.18. The maximum absolute atomic E-state index is 11.8. The first kappa shape index (κ1) is 14.8. The van der Waals surface area contributed by atoms with Gasteiger partial charge in [-0.3, -0.25) is 4.74 Å². The summed E-state index contributed by atoms with van der Waals surface area (Å²) in [6, 6.07) is 5.54. The molecule has 0 heterocycles. The van der Waals surface area contributed by atoms with Crippen LogP contribution >= 0.6 is 0 Å². The molecule has 0 aromatic heterocycles. The molecule has 0 aliphatic rings. The van der Waals surface area contributed by atoms with Crippen molar-refractivity contribution in [3.05, 3.63) is 29.3 Å². The van der Waals surface area contributed by atoms with Crippen LogP contribution in [0.5, 0.6) is 5.75 Å². The maximum atomic E-state index is 11.8. The predicted octanol–water partition coefficient (Wildman–Crippen LogP) is 2.41. The molecule has 1 aromatic carbocycles. The fourth-order valence-electron chi connectivity index (χ4n) is 1.57. The van der Waals surface area contributed by atoms with Crippen LogP contribution < -0.4 is 10.5 Å². The summed E-state index contributed by atoms with van der Waals surface area (Å²) in [4.78, 5) is 0. The van der Waals surface area contributed by atoms with E-state index < -0.39 is 13.0 Å². The summed E-state index contributed by atoms with van der Waals surface area (Å²) in [6.07, 6.45) is -3.99. The van der Waals surface area contributed by atoms with Gasteiger partial charge >= 0.3 is 6.36 Å². The molecule has 1 aromatic rings. The molecule has 0 atom stereocenters. The molecule has 3 nitrogen and oxygen atoms in total. The van der Waals surface area contributed by atoms with Gasteiger partial charge in [0.25, 0.3) is 0 Å². The van der Waals surface area contributed by atoms with Gasteiger partial charge in [0.05, 0.1) is 6.61 Å². The summed E-state index contributed by atoms with van der Waals surface area (Å²) in [5.41, 5.74) is 7.22. The summed E-state index contributed by atoms with van der Waals surface area (Å²) in [7, 11) is 0. The van der Waals surface area contributed by atoms with Crippen LogP contribution in [0.3, 0.4) is 0 Å². The number of nitrogens with two attached hydrogens (primary N) is 1. The van der Waals surface area contributed by atoms with Crippen LogP contribution in [-0.2, 0) is 11.2 Å². The lowest BCUT2D eigenvalue weighted by atomic mass is 10.1. The number of benzene rings is 1. The first-order chi connectivity index (χ1) is 8.44. The molecule has 2 N–H and O–H groups in total. The average Bonchev–Trinajstić information content (AvgIpc) is 2.26. The second-order valence-electron chi connectivity index (χ2n) is 3.74. The van der Waals surface area contributed by atoms with E-state index in [1.54, 1.807) is 0 Å². The third kappa shape index (κ3) is 4.93. The Balaban J connectivity index is 2.55. The molecular formula is C12H16F3NO2. The molecule has 0 saturated heterocycles. The van der Waals surface area contributed by atoms with Crippen LogP contribution in [0.25, 0.3) is 0 Å². The Morgan fingerprint density at radius 1 is 1.22 bits per heavy atom. The van der Waals surface area contributed by atoms with Gasteiger partial charge in [-0.25, -0.2) is 0 Å². The zero-order chi connectivity index (χ0) is 13.6. The third-order valence-corrected chi connectivity index (χ3v) is 2.30. The number of hydrogen-bond acceptors (Lipinski definition) is 3. The van der Waals surface area contributed by atoms with Crippen LogP contribution in [0.4, 0.5) is 13.2 Å². The van der Waals surface area contributed by atoms with Crippen molar-refractivity contribution in [3.63, 3.8) is 0 Å². The number of hydrogen-bond donors (Lipinski definition) is 1. The van der Waals surface area contributed by atoms with Crippen LogP contribution in [0.2, 0.25) is 0 Å². The number of ether oxygens (including phenoxy) is 2. The lowest BCUT2D eigenvalue weighted by molar-refractivity contribution is -0.325. The summed E-state index contributed by atoms with van der Waals surface area (Å²) in [6.45, 7) is 1.61. The van der Waals surface area contributed by atoms with Crippen molar-refractivity contribution in [3.8, 4) is 5.75 Å². The number of alkyl halides is 3. The smallest absolute Gasteiger partial charge is 0.491 e. The summed E-state index contributed by atoms with van der Waals surface area (Å²) in [5.74, 6) is 0.591. The Hall–Kier alpha value is -1.27. The highest BCUT2D eigenvalue weighted by Gasteiger charge is 2.28. The van der Waals surface area contributed by atoms with Gasteiger partial charge in [-0.05, 0) is 31.0 Å². The van der Waals surface area contributed by atoms with Gasteiger partial charge in [-0.15, -0.1) is 13.2 Å². The van der Waals surface area contributed by atoms with E-state index in [0.717, 1.165) is 11.1 Å². The predicted molar refractivity (Wildman–Crippen MR) is 61.4 cm³/mol. The zero-order valence-corrected chi connectivity index (χ0v) is 10.1. The third-order valence-electron chi connectivity index (χ3n) is 2.30. The zero-order valence-electron chi connectivity index (χ0n) is 10.1. The van der Waals surface area contributed by atoms with E-state index in [4.69, 9.17) is 10.5 Å². The van der Waals surface area contributed by atoms with Gasteiger partial charge in [-0.2, -0.15) is 0 Å². The van der Waals surface area contributed by atoms with E-state index in [9.17, 15) is 13.2 Å². The van der Waals surface area contributed by atoms with Crippen molar-refractivity contribution in [1.29, 1.82) is 0 Å². The van der Waals surface area contributed by atoms with Gasteiger partial charge < -0.3 is 10.5 Å². The molecule has 0 spiro atoms. The SMILES string of the molecule is Cc1cccc(CCN)c1OCCOC(F)(F)F. The first-order valence-corrected chi connectivity index (χ1v) is 5.56. The van der Waals surface area contributed by atoms with Gasteiger partial charge in [0, 0.05) is 0 Å². The van der Waals surface area contributed by atoms with E-state index in [1.807, 2.05) is 25.1 Å². The first-order valence-electron chi connectivity index (χ1n) is 5.56. The Kier molecular flexibility index (Phi) is 5.43. The highest BCUT2D eigenvalue weighted by molar-refractivity contribution is 5.40. The molecule has 18 heavy (non-hydrogen) atoms. The molecule has 1 rings (SSSR count). The van der Waals surface area contributed by atoms with Crippen LogP contribution in [0, 0.1) is 6.92 Å². The van der Waals surface area contributed by atoms with Crippen LogP contribution in [0.15, 0.2) is 18.2 Å². The molecule has 0 aliphatic carbocycles. The monoisotopic (exact) mass is 263 g/mol. The number of para-hydroxylation sites is 1. The number of halogens is 3. The Morgan fingerprint density at radius 3 is 2.56 bits per heavy atom. The fraction of sp³-hybridized carbons (Fsp3) is 0.500. The normalized spacial score (nSPS) is 11.6. The molecule has 0 fully saturated rings. The number of aryl methyl sites for hydroxylation is 1. The van der Waals surface area contributed by atoms with E-state index in [-0.39, 0.29) is 6.61 Å². The largest absolute Gasteiger partial charge is 0.522 e. The van der Waals surface area contributed by atoms with Gasteiger partial charge in [0.1, 0.15) is 12.4 Å². The molecule has 0 radical (unpaired) electrons. The minimum absolute atomic E-state index is 0.151. The second kappa shape index (κ2) is 6.61. The van der Waals surface area contributed by atoms with Gasteiger partial charge in [-0.1, -0.05) is 18.2 Å². The van der Waals surface area contributed by atoms with E-state index in [0.29, 0.717) is 18.7 Å². The van der Waals surface area contributed by atoms with Gasteiger partial charge in [0.2, 0.25) is 0 Å². The van der Waals surface area contributed by atoms with Crippen molar-refractivity contribution in [2.45, 2.75) is 19.7 Å². The van der Waals surface area contributed by atoms with E-state index in [1.165, 1.54) is 0 Å². The molecule has 0 unspecified atom stereocenters. The average molecular weight is 263 g/mol. The molecular weight excluding hydrogens is 247 g/mol. The van der Waals surface area contributed by atoms with Crippen molar-refractivity contribution >= 4 is 0 Å². The molecule has 0 amide bonds. The maximum Gasteiger partial charge on any atom is 0.522 e. The minimum Gasteiger partial charge on any atom is -0.491 e. The topological polar surface area (TPSA) is 44.5 Å². The summed E-state index contributed by atoms with van der Waals surface area (Å²) < 4.78 is 44.3. The number of rotatable bonds is 6. The van der Waals surface area contributed by atoms with Crippen molar-refractivity contribution in [2.75, 3.05) is 19.8 Å². The van der Waals surface area contributed by atoms with Crippen molar-refractivity contribution in [2.24, 2.45) is 5.73 Å². The molecule has 0 saturated carbocycles. The van der Waals surface area contributed by atoms with Crippen LogP contribution in [-0.4, -0.2) is 26.1 Å². The molecule has 0 bridgehead atoms. The Labute approximate surface area is 104 Å². The molecule has 0 aliphatic heterocycles. The minimum atomic E-state index is -4.62. The highest BCUT2D eigenvalue weighted by atomic mass is 19.4. The Morgan fingerprint density at radius 2 is 1.94 bits per heavy atom. The summed E-state index contributed by atoms with van der Waals surface area (Å²) >= 11 is 0. The summed E-state index contributed by atoms with van der Waals surface area (Å²) in [5, 5.41) is 0. The van der Waals surface area contributed by atoms with Gasteiger partial charge in [0.15, 0.2) is 0 Å². The fourth-order valence-corrected chi connectivity index (χ4v) is 1.57. The quantitative estimate of drug-likeness (QED) is 0.802. The van der Waals surface area contributed by atoms with Crippen molar-refractivity contribution < 1.29 is 22.6 Å². The highest BCUT2D eigenvalue weighted by Crippen LogP contribution is 2.24.